The number of pyridine rings is 1. The van der Waals surface area contributed by atoms with Gasteiger partial charge in [-0.25, -0.2) is 4.79 Å². The number of carbonyl (C=O) groups is 1. The number of aromatic nitrogens is 1. The molecule has 1 aliphatic carbocycles. The average Bonchev–Trinajstić information content (AvgIpc) is 2.30. The molecule has 0 bridgehead atoms. The highest BCUT2D eigenvalue weighted by Crippen LogP contribution is 2.27. The Labute approximate surface area is 99.9 Å². The first kappa shape index (κ1) is 11.9. The molecule has 17 heavy (non-hydrogen) atoms. The lowest BCUT2D eigenvalue weighted by Crippen LogP contribution is -2.31. The maximum atomic E-state index is 12.1. The van der Waals surface area contributed by atoms with Crippen LogP contribution in [-0.2, 0) is 0 Å². The van der Waals surface area contributed by atoms with E-state index in [2.05, 4.69) is 0 Å². The number of hydrogen-bond donors (Lipinski definition) is 1. The van der Waals surface area contributed by atoms with E-state index in [-0.39, 0.29) is 17.2 Å². The Morgan fingerprint density at radius 3 is 2.53 bits per heavy atom. The fourth-order valence-corrected chi connectivity index (χ4v) is 2.60. The number of aryl methyl sites for hydroxylation is 1. The molecule has 0 aromatic carbocycles. The van der Waals surface area contributed by atoms with Crippen LogP contribution in [0.2, 0.25) is 0 Å². The minimum absolute atomic E-state index is 0.124. The molecule has 2 rings (SSSR count). The lowest BCUT2D eigenvalue weighted by Gasteiger charge is -2.26. The van der Waals surface area contributed by atoms with Crippen molar-refractivity contribution >= 4 is 5.97 Å². The summed E-state index contributed by atoms with van der Waals surface area (Å²) in [6.45, 7) is 1.86. The Morgan fingerprint density at radius 1 is 1.29 bits per heavy atom. The molecule has 1 N–H and O–H groups in total. The number of nitrogens with zero attached hydrogens (tertiary/aromatic N) is 1. The first-order valence-electron chi connectivity index (χ1n) is 6.06. The second-order valence-corrected chi connectivity index (χ2v) is 4.66. The fourth-order valence-electron chi connectivity index (χ4n) is 2.60. The van der Waals surface area contributed by atoms with Gasteiger partial charge in [-0.15, -0.1) is 0 Å². The van der Waals surface area contributed by atoms with Gasteiger partial charge in [0.2, 0.25) is 0 Å². The third-order valence-corrected chi connectivity index (χ3v) is 3.49. The monoisotopic (exact) mass is 235 g/mol. The molecule has 0 amide bonds. The predicted octanol–water partition coefficient (Wildman–Crippen LogP) is 2.36. The fraction of sp³-hybridized carbons (Fsp3) is 0.538. The topological polar surface area (TPSA) is 59.3 Å². The molecule has 0 atom stereocenters. The third-order valence-electron chi connectivity index (χ3n) is 3.49. The van der Waals surface area contributed by atoms with Crippen LogP contribution in [0.25, 0.3) is 0 Å². The molecular weight excluding hydrogens is 218 g/mol. The molecule has 92 valence electrons. The SMILES string of the molecule is Cc1ccc(C(=O)O)c(=O)n1C1CCCCC1. The highest BCUT2D eigenvalue weighted by molar-refractivity contribution is 5.87. The van der Waals surface area contributed by atoms with Crippen molar-refractivity contribution in [2.45, 2.75) is 45.1 Å². The number of carboxylic acids is 1. The van der Waals surface area contributed by atoms with Crippen LogP contribution < -0.4 is 5.56 Å². The Bertz CT molecular complexity index is 484. The number of hydrogen-bond acceptors (Lipinski definition) is 2. The van der Waals surface area contributed by atoms with Gasteiger partial charge in [0.05, 0.1) is 0 Å². The molecule has 0 saturated heterocycles. The summed E-state index contributed by atoms with van der Waals surface area (Å²) >= 11 is 0. The second-order valence-electron chi connectivity index (χ2n) is 4.66. The number of carboxylic acid groups (broad SMARTS) is 1. The summed E-state index contributed by atoms with van der Waals surface area (Å²) in [5, 5.41) is 8.97. The molecule has 4 heteroatoms. The molecular formula is C13H17NO3. The molecule has 1 fully saturated rings. The van der Waals surface area contributed by atoms with Crippen molar-refractivity contribution in [3.8, 4) is 0 Å². The molecule has 0 spiro atoms. The average molecular weight is 235 g/mol. The summed E-state index contributed by atoms with van der Waals surface area (Å²) in [7, 11) is 0. The van der Waals surface area contributed by atoms with Gasteiger partial charge in [0.15, 0.2) is 0 Å². The first-order chi connectivity index (χ1) is 8.11. The zero-order valence-corrected chi connectivity index (χ0v) is 9.98. The molecule has 1 aromatic heterocycles. The van der Waals surface area contributed by atoms with Crippen LogP contribution in [-0.4, -0.2) is 15.6 Å². The van der Waals surface area contributed by atoms with Gasteiger partial charge >= 0.3 is 5.97 Å². The summed E-state index contributed by atoms with van der Waals surface area (Å²) in [6.07, 6.45) is 5.40. The normalized spacial score (nSPS) is 17.0. The maximum absolute atomic E-state index is 12.1. The van der Waals surface area contributed by atoms with E-state index in [1.54, 1.807) is 10.6 Å². The molecule has 1 saturated carbocycles. The van der Waals surface area contributed by atoms with Crippen molar-refractivity contribution in [2.75, 3.05) is 0 Å². The van der Waals surface area contributed by atoms with Crippen LogP contribution >= 0.6 is 0 Å². The van der Waals surface area contributed by atoms with Crippen LogP contribution in [0.1, 0.15) is 54.2 Å². The molecule has 0 unspecified atom stereocenters. The lowest BCUT2D eigenvalue weighted by molar-refractivity contribution is 0.0693. The standard InChI is InChI=1S/C13H17NO3/c1-9-7-8-11(13(16)17)12(15)14(9)10-5-3-2-4-6-10/h7-8,10H,2-6H2,1H3,(H,16,17). The Morgan fingerprint density at radius 2 is 1.94 bits per heavy atom. The highest BCUT2D eigenvalue weighted by atomic mass is 16.4. The molecule has 1 aromatic rings. The van der Waals surface area contributed by atoms with Crippen LogP contribution in [0.4, 0.5) is 0 Å². The molecule has 1 aliphatic rings. The van der Waals surface area contributed by atoms with Crippen molar-refractivity contribution in [3.63, 3.8) is 0 Å². The van der Waals surface area contributed by atoms with E-state index in [0.717, 1.165) is 31.4 Å². The van der Waals surface area contributed by atoms with Gasteiger partial charge in [0.1, 0.15) is 5.56 Å². The van der Waals surface area contributed by atoms with E-state index < -0.39 is 5.97 Å². The summed E-state index contributed by atoms with van der Waals surface area (Å²) in [5.41, 5.74) is 0.373. The van der Waals surface area contributed by atoms with Gasteiger partial charge in [-0.05, 0) is 31.9 Å². The summed E-state index contributed by atoms with van der Waals surface area (Å²) in [6, 6.07) is 3.30. The van der Waals surface area contributed by atoms with Gasteiger partial charge in [-0.2, -0.15) is 0 Å². The van der Waals surface area contributed by atoms with Crippen molar-refractivity contribution in [3.05, 3.63) is 33.7 Å². The van der Waals surface area contributed by atoms with E-state index >= 15 is 0 Å². The van der Waals surface area contributed by atoms with Gasteiger partial charge in [-0.3, -0.25) is 4.79 Å². The summed E-state index contributed by atoms with van der Waals surface area (Å²) in [5.74, 6) is -1.14. The largest absolute Gasteiger partial charge is 0.477 e. The first-order valence-corrected chi connectivity index (χ1v) is 6.06. The van der Waals surface area contributed by atoms with Crippen molar-refractivity contribution in [1.29, 1.82) is 0 Å². The Balaban J connectivity index is 2.47. The number of rotatable bonds is 2. The molecule has 0 aliphatic heterocycles. The van der Waals surface area contributed by atoms with Crippen LogP contribution in [0.15, 0.2) is 16.9 Å². The highest BCUT2D eigenvalue weighted by Gasteiger charge is 2.20. The van der Waals surface area contributed by atoms with Gasteiger partial charge in [0, 0.05) is 11.7 Å². The Kier molecular flexibility index (Phi) is 3.31. The summed E-state index contributed by atoms with van der Waals surface area (Å²) in [4.78, 5) is 23.1. The van der Waals surface area contributed by atoms with E-state index in [1.807, 2.05) is 6.92 Å². The zero-order valence-electron chi connectivity index (χ0n) is 9.98. The van der Waals surface area contributed by atoms with E-state index in [4.69, 9.17) is 5.11 Å². The van der Waals surface area contributed by atoms with Crippen molar-refractivity contribution in [2.24, 2.45) is 0 Å². The maximum Gasteiger partial charge on any atom is 0.341 e. The minimum atomic E-state index is -1.14. The van der Waals surface area contributed by atoms with E-state index in [9.17, 15) is 9.59 Å². The predicted molar refractivity (Wildman–Crippen MR) is 64.5 cm³/mol. The van der Waals surface area contributed by atoms with Gasteiger partial charge < -0.3 is 9.67 Å². The molecule has 1 heterocycles. The van der Waals surface area contributed by atoms with Crippen molar-refractivity contribution in [1.82, 2.24) is 4.57 Å². The minimum Gasteiger partial charge on any atom is -0.477 e. The lowest BCUT2D eigenvalue weighted by atomic mass is 9.94. The molecule has 0 radical (unpaired) electrons. The van der Waals surface area contributed by atoms with Gasteiger partial charge in [0.25, 0.3) is 5.56 Å². The molecule has 4 nitrogen and oxygen atoms in total. The van der Waals surface area contributed by atoms with Crippen LogP contribution in [0.3, 0.4) is 0 Å². The van der Waals surface area contributed by atoms with E-state index in [0.29, 0.717) is 0 Å². The number of aromatic carboxylic acids is 1. The zero-order chi connectivity index (χ0) is 12.4. The quantitative estimate of drug-likeness (QED) is 0.856. The smallest absolute Gasteiger partial charge is 0.341 e. The third kappa shape index (κ3) is 2.25. The van der Waals surface area contributed by atoms with Gasteiger partial charge in [-0.1, -0.05) is 19.3 Å². The second kappa shape index (κ2) is 4.73. The van der Waals surface area contributed by atoms with Crippen LogP contribution in [0, 0.1) is 6.92 Å². The summed E-state index contributed by atoms with van der Waals surface area (Å²) < 4.78 is 1.67. The Hall–Kier alpha value is -1.58. The van der Waals surface area contributed by atoms with Crippen molar-refractivity contribution < 1.29 is 9.90 Å². The van der Waals surface area contributed by atoms with E-state index in [1.165, 1.54) is 12.5 Å². The van der Waals surface area contributed by atoms with Crippen LogP contribution in [0.5, 0.6) is 0 Å².